The van der Waals surface area contributed by atoms with Crippen molar-refractivity contribution < 1.29 is 0 Å². The van der Waals surface area contributed by atoms with Gasteiger partial charge in [-0.25, -0.2) is 4.52 Å². The summed E-state index contributed by atoms with van der Waals surface area (Å²) < 4.78 is 2.15. The van der Waals surface area contributed by atoms with Crippen LogP contribution < -0.4 is 0 Å². The van der Waals surface area contributed by atoms with Crippen molar-refractivity contribution in [2.24, 2.45) is 0 Å². The van der Waals surface area contributed by atoms with Crippen molar-refractivity contribution in [3.05, 3.63) is 133 Å². The van der Waals surface area contributed by atoms with E-state index in [1.165, 1.54) is 26.8 Å². The predicted molar refractivity (Wildman–Crippen MR) is 152 cm³/mol. The fraction of sp³-hybridized carbons (Fsp3) is 0. The minimum atomic E-state index is 0.993. The van der Waals surface area contributed by atoms with E-state index in [2.05, 4.69) is 137 Å². The van der Waals surface area contributed by atoms with E-state index in [1.54, 1.807) is 11.3 Å². The third-order valence-corrected chi connectivity index (χ3v) is 7.61. The van der Waals surface area contributed by atoms with Crippen LogP contribution in [0.4, 0.5) is 0 Å². The molecule has 36 heavy (non-hydrogen) atoms. The first-order valence-electron chi connectivity index (χ1n) is 12.1. The molecule has 0 spiro atoms. The smallest absolute Gasteiger partial charge is 0.101 e. The van der Waals surface area contributed by atoms with Gasteiger partial charge in [0.05, 0.1) is 11.2 Å². The predicted octanol–water partition coefficient (Wildman–Crippen LogP) is 9.22. The highest BCUT2D eigenvalue weighted by Gasteiger charge is 2.21. The maximum atomic E-state index is 5.30. The zero-order valence-corrected chi connectivity index (χ0v) is 20.3. The molecule has 4 aromatic carbocycles. The zero-order valence-electron chi connectivity index (χ0n) is 19.5. The summed E-state index contributed by atoms with van der Waals surface area (Å²) in [4.78, 5) is 1.27. The average Bonchev–Trinajstić information content (AvgIpc) is 3.63. The lowest BCUT2D eigenvalue weighted by Crippen LogP contribution is -1.95. The van der Waals surface area contributed by atoms with Crippen LogP contribution in [0.25, 0.3) is 60.4 Å². The molecular formula is C33H22N2S. The van der Waals surface area contributed by atoms with Crippen molar-refractivity contribution in [3.8, 4) is 44.1 Å². The van der Waals surface area contributed by atoms with Gasteiger partial charge in [-0.3, -0.25) is 0 Å². The molecule has 7 aromatic rings. The van der Waals surface area contributed by atoms with Gasteiger partial charge >= 0.3 is 0 Å². The summed E-state index contributed by atoms with van der Waals surface area (Å²) in [5.74, 6) is 0. The largest absolute Gasteiger partial charge is 0.231 e. The van der Waals surface area contributed by atoms with Gasteiger partial charge in [0.1, 0.15) is 5.69 Å². The molecule has 7 rings (SSSR count). The minimum Gasteiger partial charge on any atom is -0.231 e. The summed E-state index contributed by atoms with van der Waals surface area (Å²) in [6.07, 6.45) is 0. The zero-order chi connectivity index (χ0) is 23.9. The van der Waals surface area contributed by atoms with Gasteiger partial charge in [0.25, 0.3) is 0 Å². The first-order valence-corrected chi connectivity index (χ1v) is 12.9. The van der Waals surface area contributed by atoms with Crippen molar-refractivity contribution in [3.63, 3.8) is 0 Å². The van der Waals surface area contributed by atoms with Crippen molar-refractivity contribution in [2.45, 2.75) is 0 Å². The van der Waals surface area contributed by atoms with Crippen LogP contribution in [0.2, 0.25) is 0 Å². The summed E-state index contributed by atoms with van der Waals surface area (Å²) >= 11 is 1.77. The summed E-state index contributed by atoms with van der Waals surface area (Å²) in [7, 11) is 0. The third kappa shape index (κ3) is 3.44. The Kier molecular flexibility index (Phi) is 5.00. The van der Waals surface area contributed by atoms with Crippen molar-refractivity contribution in [2.75, 3.05) is 0 Å². The van der Waals surface area contributed by atoms with Crippen molar-refractivity contribution in [1.29, 1.82) is 0 Å². The second kappa shape index (κ2) is 8.63. The van der Waals surface area contributed by atoms with Gasteiger partial charge in [-0.1, -0.05) is 109 Å². The molecule has 0 aliphatic rings. The van der Waals surface area contributed by atoms with E-state index in [0.29, 0.717) is 0 Å². The number of nitrogens with zero attached hydrogens (tertiary/aromatic N) is 2. The molecule has 0 unspecified atom stereocenters. The van der Waals surface area contributed by atoms with Crippen LogP contribution in [-0.4, -0.2) is 9.61 Å². The quantitative estimate of drug-likeness (QED) is 0.246. The Labute approximate surface area is 213 Å². The molecule has 3 heterocycles. The molecular weight excluding hydrogens is 456 g/mol. The lowest BCUT2D eigenvalue weighted by atomic mass is 9.95. The van der Waals surface area contributed by atoms with Crippen LogP contribution in [0.5, 0.6) is 0 Å². The molecule has 170 valence electrons. The number of hydrogen-bond donors (Lipinski definition) is 0. The molecule has 2 nitrogen and oxygen atoms in total. The molecule has 0 aliphatic carbocycles. The van der Waals surface area contributed by atoms with Crippen LogP contribution in [-0.2, 0) is 0 Å². The second-order valence-electron chi connectivity index (χ2n) is 8.89. The number of thiophene rings is 1. The van der Waals surface area contributed by atoms with E-state index < -0.39 is 0 Å². The Morgan fingerprint density at radius 2 is 1.25 bits per heavy atom. The third-order valence-electron chi connectivity index (χ3n) is 6.70. The number of pyridine rings is 1. The molecule has 0 bridgehead atoms. The topological polar surface area (TPSA) is 17.3 Å². The van der Waals surface area contributed by atoms with Crippen LogP contribution in [0.1, 0.15) is 0 Å². The van der Waals surface area contributed by atoms with E-state index in [-0.39, 0.29) is 0 Å². The Morgan fingerprint density at radius 3 is 2.03 bits per heavy atom. The Morgan fingerprint density at radius 1 is 0.556 bits per heavy atom. The van der Waals surface area contributed by atoms with Gasteiger partial charge in [0, 0.05) is 27.0 Å². The highest BCUT2D eigenvalue weighted by atomic mass is 32.1. The molecule has 0 saturated heterocycles. The molecule has 0 amide bonds. The fourth-order valence-electron chi connectivity index (χ4n) is 5.04. The first-order chi connectivity index (χ1) is 17.9. The normalized spacial score (nSPS) is 11.3. The highest BCUT2D eigenvalue weighted by molar-refractivity contribution is 7.13. The van der Waals surface area contributed by atoms with E-state index in [4.69, 9.17) is 5.10 Å². The van der Waals surface area contributed by atoms with Crippen LogP contribution in [0, 0.1) is 0 Å². The summed E-state index contributed by atoms with van der Waals surface area (Å²) in [6, 6.07) is 45.1. The average molecular weight is 479 g/mol. The Bertz CT molecular complexity index is 1820. The van der Waals surface area contributed by atoms with Gasteiger partial charge in [-0.15, -0.1) is 11.3 Å². The van der Waals surface area contributed by atoms with Crippen LogP contribution >= 0.6 is 11.3 Å². The molecule has 0 aliphatic heterocycles. The molecule has 0 radical (unpaired) electrons. The van der Waals surface area contributed by atoms with Gasteiger partial charge in [0.15, 0.2) is 0 Å². The maximum absolute atomic E-state index is 5.30. The molecule has 0 saturated carbocycles. The molecule has 3 heteroatoms. The number of rotatable bonds is 4. The number of aromatic nitrogens is 2. The summed E-state index contributed by atoms with van der Waals surface area (Å²) in [5.41, 5.74) is 9.03. The van der Waals surface area contributed by atoms with Gasteiger partial charge in [-0.05, 0) is 40.1 Å². The van der Waals surface area contributed by atoms with Gasteiger partial charge in [-0.2, -0.15) is 5.10 Å². The lowest BCUT2D eigenvalue weighted by Gasteiger charge is -2.11. The number of benzene rings is 4. The van der Waals surface area contributed by atoms with Gasteiger partial charge < -0.3 is 0 Å². The molecule has 0 atom stereocenters. The van der Waals surface area contributed by atoms with Gasteiger partial charge in [0.2, 0.25) is 0 Å². The minimum absolute atomic E-state index is 0.993. The van der Waals surface area contributed by atoms with Crippen molar-refractivity contribution in [1.82, 2.24) is 9.61 Å². The van der Waals surface area contributed by atoms with E-state index in [0.717, 1.165) is 33.6 Å². The number of hydrogen-bond acceptors (Lipinski definition) is 2. The van der Waals surface area contributed by atoms with E-state index in [9.17, 15) is 0 Å². The summed E-state index contributed by atoms with van der Waals surface area (Å²) in [6.45, 7) is 0. The van der Waals surface area contributed by atoms with E-state index in [1.807, 2.05) is 0 Å². The molecule has 0 N–H and O–H groups in total. The first kappa shape index (κ1) is 20.9. The highest BCUT2D eigenvalue weighted by Crippen LogP contribution is 2.41. The standard InChI is InChI=1S/C33H22N2S/c1-3-11-23(12-4-1)29-22-25-15-7-8-18-28(25)33-31(32(34-35(29)33)24-13-5-2-6-14-24)27-17-9-16-26(21-27)30-19-10-20-36-30/h1-22H. The van der Waals surface area contributed by atoms with Crippen LogP contribution in [0.3, 0.4) is 0 Å². The monoisotopic (exact) mass is 478 g/mol. The summed E-state index contributed by atoms with van der Waals surface area (Å²) in [5, 5.41) is 9.83. The SMILES string of the molecule is c1ccc(-c2nn3c(-c4ccccc4)cc4ccccc4c3c2-c2cccc(-c3cccs3)c2)cc1. The lowest BCUT2D eigenvalue weighted by molar-refractivity contribution is 0.979. The van der Waals surface area contributed by atoms with Crippen LogP contribution in [0.15, 0.2) is 133 Å². The van der Waals surface area contributed by atoms with Crippen molar-refractivity contribution >= 4 is 27.6 Å². The Hall–Kier alpha value is -4.47. The molecule has 3 aromatic heterocycles. The second-order valence-corrected chi connectivity index (χ2v) is 9.84. The maximum Gasteiger partial charge on any atom is 0.101 e. The molecule has 0 fully saturated rings. The van der Waals surface area contributed by atoms with E-state index >= 15 is 0 Å². The fourth-order valence-corrected chi connectivity index (χ4v) is 5.77. The number of fused-ring (bicyclic) bond motifs is 3. The Balaban J connectivity index is 1.63.